The van der Waals surface area contributed by atoms with Crippen molar-refractivity contribution in [3.63, 3.8) is 0 Å². The van der Waals surface area contributed by atoms with Crippen LogP contribution in [0.25, 0.3) is 0 Å². The molecule has 0 saturated heterocycles. The highest BCUT2D eigenvalue weighted by Crippen LogP contribution is 2.22. The molecule has 4 heteroatoms. The van der Waals surface area contributed by atoms with Crippen molar-refractivity contribution in [2.75, 3.05) is 27.2 Å². The van der Waals surface area contributed by atoms with Crippen LogP contribution in [0.3, 0.4) is 0 Å². The molecule has 0 aliphatic heterocycles. The normalized spacial score (nSPS) is 24.5. The van der Waals surface area contributed by atoms with Crippen LogP contribution >= 0.6 is 0 Å². The lowest BCUT2D eigenvalue weighted by Crippen LogP contribution is -2.48. The smallest absolute Gasteiger partial charge is 0.319 e. The quantitative estimate of drug-likeness (QED) is 0.816. The number of carbonyl (C=O) groups is 1. The van der Waals surface area contributed by atoms with Crippen molar-refractivity contribution in [1.82, 2.24) is 15.1 Å². The van der Waals surface area contributed by atoms with Gasteiger partial charge in [-0.15, -0.1) is 0 Å². The second-order valence-corrected chi connectivity index (χ2v) is 4.86. The summed E-state index contributed by atoms with van der Waals surface area (Å²) >= 11 is 0. The second-order valence-electron chi connectivity index (χ2n) is 4.86. The van der Waals surface area contributed by atoms with Gasteiger partial charge in [-0.2, -0.15) is 0 Å². The maximum atomic E-state index is 12.2. The third kappa shape index (κ3) is 3.60. The molecule has 100 valence electrons. The average Bonchev–Trinajstić information content (AvgIpc) is 2.39. The molecule has 1 saturated carbocycles. The average molecular weight is 241 g/mol. The maximum Gasteiger partial charge on any atom is 0.319 e. The zero-order valence-electron chi connectivity index (χ0n) is 11.7. The summed E-state index contributed by atoms with van der Waals surface area (Å²) in [5, 5.41) is 3.32. The van der Waals surface area contributed by atoms with E-state index in [-0.39, 0.29) is 6.03 Å². The predicted molar refractivity (Wildman–Crippen MR) is 71.2 cm³/mol. The first-order chi connectivity index (χ1) is 8.13. The van der Waals surface area contributed by atoms with Crippen LogP contribution in [-0.2, 0) is 0 Å². The van der Waals surface area contributed by atoms with Gasteiger partial charge in [-0.1, -0.05) is 0 Å². The lowest BCUT2D eigenvalue weighted by atomic mass is 9.90. The molecule has 0 unspecified atom stereocenters. The van der Waals surface area contributed by atoms with E-state index in [1.54, 1.807) is 0 Å². The molecule has 0 aromatic carbocycles. The molecule has 1 N–H and O–H groups in total. The number of carbonyl (C=O) groups excluding carboxylic acids is 1. The van der Waals surface area contributed by atoms with E-state index in [4.69, 9.17) is 0 Å². The van der Waals surface area contributed by atoms with E-state index in [0.717, 1.165) is 25.9 Å². The van der Waals surface area contributed by atoms with E-state index in [1.165, 1.54) is 12.8 Å². The van der Waals surface area contributed by atoms with Gasteiger partial charge in [0.05, 0.1) is 0 Å². The molecule has 4 nitrogen and oxygen atoms in total. The van der Waals surface area contributed by atoms with Gasteiger partial charge in [0, 0.05) is 32.2 Å². The Bertz CT molecular complexity index is 233. The first kappa shape index (κ1) is 14.3. The molecule has 1 aliphatic carbocycles. The molecule has 17 heavy (non-hydrogen) atoms. The Labute approximate surface area is 105 Å². The monoisotopic (exact) mass is 241 g/mol. The van der Waals surface area contributed by atoms with Crippen molar-refractivity contribution in [1.29, 1.82) is 0 Å². The highest BCUT2D eigenvalue weighted by molar-refractivity contribution is 5.74. The summed E-state index contributed by atoms with van der Waals surface area (Å²) in [4.78, 5) is 16.0. The molecule has 1 rings (SSSR count). The molecule has 2 amide bonds. The number of hydrogen-bond acceptors (Lipinski definition) is 2. The number of nitrogens with one attached hydrogen (secondary N) is 1. The van der Waals surface area contributed by atoms with Crippen LogP contribution in [0.2, 0.25) is 0 Å². The fourth-order valence-electron chi connectivity index (χ4n) is 2.63. The summed E-state index contributed by atoms with van der Waals surface area (Å²) in [6.07, 6.45) is 4.60. The fourth-order valence-corrected chi connectivity index (χ4v) is 2.63. The molecular weight excluding hydrogens is 214 g/mol. The molecule has 0 spiro atoms. The third-order valence-corrected chi connectivity index (χ3v) is 3.99. The SMILES string of the molecule is CCN(CC)C(=O)N(C)C1CCC(NC)CC1. The highest BCUT2D eigenvalue weighted by Gasteiger charge is 2.27. The van der Waals surface area contributed by atoms with Gasteiger partial charge in [-0.25, -0.2) is 4.79 Å². The minimum Gasteiger partial charge on any atom is -0.325 e. The summed E-state index contributed by atoms with van der Waals surface area (Å²) in [6.45, 7) is 5.66. The largest absolute Gasteiger partial charge is 0.325 e. The topological polar surface area (TPSA) is 35.6 Å². The van der Waals surface area contributed by atoms with Gasteiger partial charge in [-0.05, 0) is 46.6 Å². The van der Waals surface area contributed by atoms with E-state index < -0.39 is 0 Å². The second kappa shape index (κ2) is 6.84. The molecule has 0 bridgehead atoms. The Balaban J connectivity index is 2.47. The summed E-state index contributed by atoms with van der Waals surface area (Å²) in [5.74, 6) is 0. The summed E-state index contributed by atoms with van der Waals surface area (Å²) < 4.78 is 0. The Hall–Kier alpha value is -0.770. The van der Waals surface area contributed by atoms with E-state index >= 15 is 0 Å². The first-order valence-electron chi connectivity index (χ1n) is 6.83. The standard InChI is InChI=1S/C13H27N3O/c1-5-16(6-2)13(17)15(4)12-9-7-11(14-3)8-10-12/h11-12,14H,5-10H2,1-4H3. The number of amides is 2. The van der Waals surface area contributed by atoms with Crippen LogP contribution in [0.15, 0.2) is 0 Å². The zero-order chi connectivity index (χ0) is 12.8. The van der Waals surface area contributed by atoms with Crippen LogP contribution in [-0.4, -0.2) is 55.1 Å². The molecule has 0 aromatic heterocycles. The van der Waals surface area contributed by atoms with E-state index in [2.05, 4.69) is 5.32 Å². The van der Waals surface area contributed by atoms with Crippen molar-refractivity contribution < 1.29 is 4.79 Å². The Morgan fingerprint density at radius 2 is 1.71 bits per heavy atom. The number of rotatable bonds is 4. The first-order valence-corrected chi connectivity index (χ1v) is 6.83. The fraction of sp³-hybridized carbons (Fsp3) is 0.923. The molecule has 0 radical (unpaired) electrons. The van der Waals surface area contributed by atoms with E-state index in [1.807, 2.05) is 37.7 Å². The summed E-state index contributed by atoms with van der Waals surface area (Å²) in [6, 6.07) is 1.25. The Morgan fingerprint density at radius 1 is 1.18 bits per heavy atom. The van der Waals surface area contributed by atoms with Crippen LogP contribution in [0.5, 0.6) is 0 Å². The van der Waals surface area contributed by atoms with Gasteiger partial charge in [0.15, 0.2) is 0 Å². The van der Waals surface area contributed by atoms with Crippen molar-refractivity contribution >= 4 is 6.03 Å². The number of urea groups is 1. The van der Waals surface area contributed by atoms with Crippen LogP contribution in [0, 0.1) is 0 Å². The molecule has 1 fully saturated rings. The molecule has 0 aromatic rings. The van der Waals surface area contributed by atoms with Crippen LogP contribution in [0.1, 0.15) is 39.5 Å². The van der Waals surface area contributed by atoms with Gasteiger partial charge in [0.25, 0.3) is 0 Å². The van der Waals surface area contributed by atoms with Gasteiger partial charge in [0.2, 0.25) is 0 Å². The highest BCUT2D eigenvalue weighted by atomic mass is 16.2. The minimum absolute atomic E-state index is 0.183. The van der Waals surface area contributed by atoms with Gasteiger partial charge in [0.1, 0.15) is 0 Å². The predicted octanol–water partition coefficient (Wildman–Crippen LogP) is 1.91. The van der Waals surface area contributed by atoms with Gasteiger partial charge >= 0.3 is 6.03 Å². The van der Waals surface area contributed by atoms with E-state index in [0.29, 0.717) is 12.1 Å². The molecule has 0 heterocycles. The van der Waals surface area contributed by atoms with Crippen LogP contribution in [0.4, 0.5) is 4.79 Å². The van der Waals surface area contributed by atoms with Crippen molar-refractivity contribution in [3.8, 4) is 0 Å². The Morgan fingerprint density at radius 3 is 2.12 bits per heavy atom. The number of hydrogen-bond donors (Lipinski definition) is 1. The lowest BCUT2D eigenvalue weighted by molar-refractivity contribution is 0.134. The van der Waals surface area contributed by atoms with Gasteiger partial charge < -0.3 is 15.1 Å². The number of nitrogens with zero attached hydrogens (tertiary/aromatic N) is 2. The minimum atomic E-state index is 0.183. The van der Waals surface area contributed by atoms with Crippen molar-refractivity contribution in [3.05, 3.63) is 0 Å². The lowest BCUT2D eigenvalue weighted by Gasteiger charge is -2.37. The molecule has 1 aliphatic rings. The molecular formula is C13H27N3O. The summed E-state index contributed by atoms with van der Waals surface area (Å²) in [7, 11) is 3.97. The zero-order valence-corrected chi connectivity index (χ0v) is 11.7. The van der Waals surface area contributed by atoms with Crippen LogP contribution < -0.4 is 5.32 Å². The van der Waals surface area contributed by atoms with Crippen molar-refractivity contribution in [2.45, 2.75) is 51.6 Å². The van der Waals surface area contributed by atoms with Gasteiger partial charge in [-0.3, -0.25) is 0 Å². The summed E-state index contributed by atoms with van der Waals surface area (Å²) in [5.41, 5.74) is 0. The van der Waals surface area contributed by atoms with E-state index in [9.17, 15) is 4.79 Å². The van der Waals surface area contributed by atoms with Crippen molar-refractivity contribution in [2.24, 2.45) is 0 Å². The molecule has 0 atom stereocenters. The Kier molecular flexibility index (Phi) is 5.75. The third-order valence-electron chi connectivity index (χ3n) is 3.99. The maximum absolute atomic E-state index is 12.2.